The van der Waals surface area contributed by atoms with Crippen LogP contribution < -0.4 is 4.74 Å². The molecule has 2 atom stereocenters. The topological polar surface area (TPSA) is 66.8 Å². The van der Waals surface area contributed by atoms with E-state index in [2.05, 4.69) is 0 Å². The molecule has 1 N–H and O–H groups in total. The van der Waals surface area contributed by atoms with Crippen LogP contribution in [0.5, 0.6) is 5.75 Å². The number of halogens is 1. The van der Waals surface area contributed by atoms with Gasteiger partial charge in [0.15, 0.2) is 6.04 Å². The Labute approximate surface area is 122 Å². The first-order valence-corrected chi connectivity index (χ1v) is 6.82. The third kappa shape index (κ3) is 2.88. The molecule has 1 amide bonds. The number of methoxy groups -OCH3 is 1. The van der Waals surface area contributed by atoms with E-state index >= 15 is 0 Å². The highest BCUT2D eigenvalue weighted by Crippen LogP contribution is 2.30. The molecular weight excluding hydrogens is 282 g/mol. The number of amides is 1. The fraction of sp³-hybridized carbons (Fsp3) is 0.429. The van der Waals surface area contributed by atoms with Crippen molar-refractivity contribution in [1.29, 1.82) is 0 Å². The maximum Gasteiger partial charge on any atom is 0.331 e. The van der Waals surface area contributed by atoms with Crippen LogP contribution in [-0.4, -0.2) is 41.4 Å². The molecule has 1 saturated heterocycles. The molecule has 0 aliphatic carbocycles. The number of hydrogen-bond acceptors (Lipinski definition) is 3. The molecule has 1 heterocycles. The van der Waals surface area contributed by atoms with E-state index < -0.39 is 12.0 Å². The van der Waals surface area contributed by atoms with Gasteiger partial charge in [-0.15, -0.1) is 11.6 Å². The normalized spacial score (nSPS) is 20.0. The molecule has 0 radical (unpaired) electrons. The second-order valence-electron chi connectivity index (χ2n) is 4.78. The number of carbonyl (C=O) groups excluding carboxylic acids is 1. The first kappa shape index (κ1) is 14.7. The lowest BCUT2D eigenvalue weighted by atomic mass is 10.1. The van der Waals surface area contributed by atoms with Gasteiger partial charge in [0, 0.05) is 18.8 Å². The highest BCUT2D eigenvalue weighted by Gasteiger charge is 2.38. The van der Waals surface area contributed by atoms with Crippen LogP contribution in [0.2, 0.25) is 0 Å². The van der Waals surface area contributed by atoms with E-state index in [-0.39, 0.29) is 11.8 Å². The van der Waals surface area contributed by atoms with E-state index in [1.165, 1.54) is 4.90 Å². The van der Waals surface area contributed by atoms with Gasteiger partial charge in [-0.3, -0.25) is 4.79 Å². The molecule has 108 valence electrons. The van der Waals surface area contributed by atoms with Crippen molar-refractivity contribution < 1.29 is 19.4 Å². The minimum absolute atomic E-state index is 0.0178. The zero-order valence-electron chi connectivity index (χ0n) is 11.1. The fourth-order valence-corrected chi connectivity index (χ4v) is 2.61. The molecular formula is C14H16ClNO4. The van der Waals surface area contributed by atoms with Gasteiger partial charge in [0.2, 0.25) is 5.91 Å². The van der Waals surface area contributed by atoms with E-state index in [9.17, 15) is 14.7 Å². The molecule has 6 heteroatoms. The van der Waals surface area contributed by atoms with E-state index in [1.807, 2.05) is 0 Å². The standard InChI is InChI=1S/C14H16ClNO4/c1-20-11-4-2-10(3-5-11)13(14(18)19)16-8-9(7-15)6-12(16)17/h2-5,9,13H,6-8H2,1H3,(H,18,19). The Bertz CT molecular complexity index is 502. The number of carboxylic acids is 1. The van der Waals surface area contributed by atoms with Gasteiger partial charge in [-0.25, -0.2) is 4.79 Å². The lowest BCUT2D eigenvalue weighted by Crippen LogP contribution is -2.35. The predicted octanol–water partition coefficient (Wildman–Crippen LogP) is 1.91. The van der Waals surface area contributed by atoms with Crippen LogP contribution in [0.15, 0.2) is 24.3 Å². The summed E-state index contributed by atoms with van der Waals surface area (Å²) >= 11 is 5.77. The van der Waals surface area contributed by atoms with Crippen molar-refractivity contribution in [3.05, 3.63) is 29.8 Å². The first-order valence-electron chi connectivity index (χ1n) is 6.29. The van der Waals surface area contributed by atoms with Crippen LogP contribution in [0.4, 0.5) is 0 Å². The summed E-state index contributed by atoms with van der Waals surface area (Å²) < 4.78 is 5.05. The molecule has 1 aromatic rings. The minimum Gasteiger partial charge on any atom is -0.497 e. The summed E-state index contributed by atoms with van der Waals surface area (Å²) in [5, 5.41) is 9.43. The summed E-state index contributed by atoms with van der Waals surface area (Å²) in [7, 11) is 1.54. The van der Waals surface area contributed by atoms with Crippen molar-refractivity contribution in [3.8, 4) is 5.75 Å². The number of likely N-dealkylation sites (tertiary alicyclic amines) is 1. The second-order valence-corrected chi connectivity index (χ2v) is 5.09. The quantitative estimate of drug-likeness (QED) is 0.843. The van der Waals surface area contributed by atoms with Gasteiger partial charge in [-0.1, -0.05) is 12.1 Å². The number of carbonyl (C=O) groups is 2. The highest BCUT2D eigenvalue weighted by molar-refractivity contribution is 6.18. The average Bonchev–Trinajstić information content (AvgIpc) is 2.81. The van der Waals surface area contributed by atoms with Crippen molar-refractivity contribution in [2.24, 2.45) is 5.92 Å². The van der Waals surface area contributed by atoms with Gasteiger partial charge in [0.25, 0.3) is 0 Å². The number of nitrogens with zero attached hydrogens (tertiary/aromatic N) is 1. The Kier molecular flexibility index (Phi) is 4.49. The van der Waals surface area contributed by atoms with E-state index in [1.54, 1.807) is 31.4 Å². The van der Waals surface area contributed by atoms with Crippen molar-refractivity contribution >= 4 is 23.5 Å². The van der Waals surface area contributed by atoms with Gasteiger partial charge in [-0.2, -0.15) is 0 Å². The van der Waals surface area contributed by atoms with E-state index in [4.69, 9.17) is 16.3 Å². The molecule has 1 aliphatic rings. The number of benzene rings is 1. The number of aliphatic carboxylic acids is 1. The molecule has 0 aromatic heterocycles. The van der Waals surface area contributed by atoms with Crippen molar-refractivity contribution in [1.82, 2.24) is 4.90 Å². The van der Waals surface area contributed by atoms with Crippen molar-refractivity contribution in [2.75, 3.05) is 19.5 Å². The number of ether oxygens (including phenoxy) is 1. The van der Waals surface area contributed by atoms with E-state index in [0.717, 1.165) is 0 Å². The SMILES string of the molecule is COc1ccc(C(C(=O)O)N2CC(CCl)CC2=O)cc1. The Balaban J connectivity index is 2.27. The fourth-order valence-electron chi connectivity index (χ4n) is 2.40. The predicted molar refractivity (Wildman–Crippen MR) is 73.9 cm³/mol. The van der Waals surface area contributed by atoms with Crippen LogP contribution >= 0.6 is 11.6 Å². The van der Waals surface area contributed by atoms with Gasteiger partial charge >= 0.3 is 5.97 Å². The third-order valence-electron chi connectivity index (χ3n) is 3.43. The van der Waals surface area contributed by atoms with Crippen molar-refractivity contribution in [3.63, 3.8) is 0 Å². The third-order valence-corrected chi connectivity index (χ3v) is 3.87. The largest absolute Gasteiger partial charge is 0.497 e. The molecule has 1 aromatic carbocycles. The van der Waals surface area contributed by atoms with Crippen LogP contribution in [0.1, 0.15) is 18.0 Å². The Hall–Kier alpha value is -1.75. The summed E-state index contributed by atoms with van der Waals surface area (Å²) in [5.41, 5.74) is 0.557. The molecule has 0 saturated carbocycles. The molecule has 0 bridgehead atoms. The zero-order valence-corrected chi connectivity index (χ0v) is 11.8. The summed E-state index contributed by atoms with van der Waals surface area (Å²) in [6.45, 7) is 0.380. The monoisotopic (exact) mass is 297 g/mol. The summed E-state index contributed by atoms with van der Waals surface area (Å²) in [4.78, 5) is 24.9. The molecule has 5 nitrogen and oxygen atoms in total. The molecule has 1 aliphatic heterocycles. The lowest BCUT2D eigenvalue weighted by Gasteiger charge is -2.25. The second kappa shape index (κ2) is 6.13. The van der Waals surface area contributed by atoms with Crippen LogP contribution in [0, 0.1) is 5.92 Å². The summed E-state index contributed by atoms with van der Waals surface area (Å²) in [5.74, 6) is -0.192. The lowest BCUT2D eigenvalue weighted by molar-refractivity contribution is -0.148. The molecule has 20 heavy (non-hydrogen) atoms. The first-order chi connectivity index (χ1) is 9.56. The molecule has 1 fully saturated rings. The Morgan fingerprint density at radius 3 is 2.60 bits per heavy atom. The molecule has 2 unspecified atom stereocenters. The molecule has 0 spiro atoms. The van der Waals surface area contributed by atoms with Gasteiger partial charge in [-0.05, 0) is 23.6 Å². The smallest absolute Gasteiger partial charge is 0.331 e. The van der Waals surface area contributed by atoms with Gasteiger partial charge in [0.1, 0.15) is 5.75 Å². The number of rotatable bonds is 5. The van der Waals surface area contributed by atoms with Gasteiger partial charge in [0.05, 0.1) is 7.11 Å². The van der Waals surface area contributed by atoms with Crippen LogP contribution in [0.25, 0.3) is 0 Å². The number of carboxylic acid groups (broad SMARTS) is 1. The van der Waals surface area contributed by atoms with Gasteiger partial charge < -0.3 is 14.7 Å². The number of hydrogen-bond donors (Lipinski definition) is 1. The zero-order chi connectivity index (χ0) is 14.7. The Morgan fingerprint density at radius 1 is 1.50 bits per heavy atom. The molecule has 2 rings (SSSR count). The maximum absolute atomic E-state index is 12.0. The Morgan fingerprint density at radius 2 is 2.15 bits per heavy atom. The average molecular weight is 298 g/mol. The van der Waals surface area contributed by atoms with Crippen molar-refractivity contribution in [2.45, 2.75) is 12.5 Å². The summed E-state index contributed by atoms with van der Waals surface area (Å²) in [6.07, 6.45) is 0.309. The van der Waals surface area contributed by atoms with E-state index in [0.29, 0.717) is 30.2 Å². The minimum atomic E-state index is -1.04. The highest BCUT2D eigenvalue weighted by atomic mass is 35.5. The summed E-state index contributed by atoms with van der Waals surface area (Å²) in [6, 6.07) is 5.73. The maximum atomic E-state index is 12.0. The van der Waals surface area contributed by atoms with Crippen LogP contribution in [-0.2, 0) is 9.59 Å². The van der Waals surface area contributed by atoms with Crippen LogP contribution in [0.3, 0.4) is 0 Å². The number of alkyl halides is 1.